The van der Waals surface area contributed by atoms with E-state index in [4.69, 9.17) is 10.6 Å². The average molecular weight is 170 g/mol. The molecule has 70 valence electrons. The molecule has 0 aromatic carbocycles. The zero-order valence-corrected chi connectivity index (χ0v) is 8.13. The maximum absolute atomic E-state index is 5.64. The van der Waals surface area contributed by atoms with Crippen molar-refractivity contribution in [2.45, 2.75) is 39.2 Å². The number of oxime groups is 1. The smallest absolute Gasteiger partial charge is 0.154 e. The summed E-state index contributed by atoms with van der Waals surface area (Å²) >= 11 is 0. The van der Waals surface area contributed by atoms with Crippen molar-refractivity contribution >= 4 is 5.71 Å². The van der Waals surface area contributed by atoms with Gasteiger partial charge in [-0.1, -0.05) is 25.9 Å². The van der Waals surface area contributed by atoms with Crippen LogP contribution in [0.2, 0.25) is 0 Å². The van der Waals surface area contributed by atoms with E-state index in [0.717, 1.165) is 18.6 Å². The fourth-order valence-electron chi connectivity index (χ4n) is 1.30. The Morgan fingerprint density at radius 3 is 2.58 bits per heavy atom. The number of nitrogens with two attached hydrogens (primary N) is 1. The lowest BCUT2D eigenvalue weighted by Crippen LogP contribution is -2.37. The van der Waals surface area contributed by atoms with Crippen molar-refractivity contribution in [3.05, 3.63) is 0 Å². The minimum absolute atomic E-state index is 0.195. The van der Waals surface area contributed by atoms with Gasteiger partial charge in [-0.3, -0.25) is 0 Å². The molecule has 1 atom stereocenters. The SMILES string of the molecule is CC[C@]1(CN)CC(C(C)C)=NO1. The van der Waals surface area contributed by atoms with Crippen LogP contribution < -0.4 is 5.73 Å². The maximum atomic E-state index is 5.64. The predicted molar refractivity (Wildman–Crippen MR) is 50.1 cm³/mol. The molecule has 0 amide bonds. The molecule has 1 aliphatic heterocycles. The lowest BCUT2D eigenvalue weighted by Gasteiger charge is -2.22. The van der Waals surface area contributed by atoms with E-state index >= 15 is 0 Å². The first-order valence-electron chi connectivity index (χ1n) is 4.58. The predicted octanol–water partition coefficient (Wildman–Crippen LogP) is 1.53. The van der Waals surface area contributed by atoms with Crippen LogP contribution in [0.1, 0.15) is 33.6 Å². The summed E-state index contributed by atoms with van der Waals surface area (Å²) in [6, 6.07) is 0. The van der Waals surface area contributed by atoms with Gasteiger partial charge in [-0.15, -0.1) is 0 Å². The van der Waals surface area contributed by atoms with Crippen molar-refractivity contribution in [3.63, 3.8) is 0 Å². The Morgan fingerprint density at radius 1 is 1.67 bits per heavy atom. The van der Waals surface area contributed by atoms with Gasteiger partial charge in [0.15, 0.2) is 5.60 Å². The lowest BCUT2D eigenvalue weighted by molar-refractivity contribution is -0.0140. The highest BCUT2D eigenvalue weighted by molar-refractivity contribution is 5.87. The van der Waals surface area contributed by atoms with Gasteiger partial charge in [0.05, 0.1) is 5.71 Å². The topological polar surface area (TPSA) is 47.6 Å². The molecule has 12 heavy (non-hydrogen) atoms. The van der Waals surface area contributed by atoms with Crippen molar-refractivity contribution in [1.82, 2.24) is 0 Å². The molecule has 1 heterocycles. The van der Waals surface area contributed by atoms with Gasteiger partial charge in [0, 0.05) is 13.0 Å². The summed E-state index contributed by atoms with van der Waals surface area (Å²) in [7, 11) is 0. The number of hydrogen-bond donors (Lipinski definition) is 1. The molecule has 0 saturated carbocycles. The van der Waals surface area contributed by atoms with E-state index in [1.54, 1.807) is 0 Å². The Hall–Kier alpha value is -0.570. The summed E-state index contributed by atoms with van der Waals surface area (Å²) in [6.07, 6.45) is 1.83. The zero-order valence-electron chi connectivity index (χ0n) is 8.13. The third kappa shape index (κ3) is 1.61. The summed E-state index contributed by atoms with van der Waals surface area (Å²) in [5, 5.41) is 4.07. The Kier molecular flexibility index (Phi) is 2.73. The molecule has 1 aliphatic rings. The van der Waals surface area contributed by atoms with Crippen LogP contribution in [0.5, 0.6) is 0 Å². The van der Waals surface area contributed by atoms with Gasteiger partial charge in [-0.05, 0) is 12.3 Å². The minimum Gasteiger partial charge on any atom is -0.388 e. The molecule has 0 aromatic rings. The van der Waals surface area contributed by atoms with Crippen molar-refractivity contribution in [2.75, 3.05) is 6.54 Å². The number of hydrogen-bond acceptors (Lipinski definition) is 3. The van der Waals surface area contributed by atoms with E-state index < -0.39 is 0 Å². The second kappa shape index (κ2) is 3.44. The van der Waals surface area contributed by atoms with Crippen LogP contribution in [0.3, 0.4) is 0 Å². The molecule has 1 rings (SSSR count). The summed E-state index contributed by atoms with van der Waals surface area (Å²) in [5.41, 5.74) is 6.59. The molecule has 3 heteroatoms. The molecule has 0 unspecified atom stereocenters. The van der Waals surface area contributed by atoms with Gasteiger partial charge >= 0.3 is 0 Å². The van der Waals surface area contributed by atoms with Crippen LogP contribution in [0.4, 0.5) is 0 Å². The van der Waals surface area contributed by atoms with Crippen molar-refractivity contribution in [2.24, 2.45) is 16.8 Å². The summed E-state index contributed by atoms with van der Waals surface area (Å²) in [4.78, 5) is 5.38. The first-order valence-corrected chi connectivity index (χ1v) is 4.58. The molecular weight excluding hydrogens is 152 g/mol. The third-order valence-electron chi connectivity index (χ3n) is 2.54. The second-order valence-corrected chi connectivity index (χ2v) is 3.75. The molecule has 0 fully saturated rings. The average Bonchev–Trinajstić information content (AvgIpc) is 2.49. The molecule has 3 nitrogen and oxygen atoms in total. The minimum atomic E-state index is -0.195. The Morgan fingerprint density at radius 2 is 2.33 bits per heavy atom. The molecule has 0 saturated heterocycles. The Bertz CT molecular complexity index is 183. The number of rotatable bonds is 3. The molecule has 0 spiro atoms. The highest BCUT2D eigenvalue weighted by atomic mass is 16.7. The first kappa shape index (κ1) is 9.52. The van der Waals surface area contributed by atoms with Crippen LogP contribution in [0, 0.1) is 5.92 Å². The summed E-state index contributed by atoms with van der Waals surface area (Å²) < 4.78 is 0. The van der Waals surface area contributed by atoms with Crippen LogP contribution >= 0.6 is 0 Å². The van der Waals surface area contributed by atoms with E-state index in [1.807, 2.05) is 0 Å². The number of nitrogens with zero attached hydrogens (tertiary/aromatic N) is 1. The Labute approximate surface area is 74.0 Å². The Balaban J connectivity index is 2.60. The van der Waals surface area contributed by atoms with Crippen LogP contribution in [-0.4, -0.2) is 17.9 Å². The molecular formula is C9H18N2O. The summed E-state index contributed by atoms with van der Waals surface area (Å²) in [6.45, 7) is 6.91. The van der Waals surface area contributed by atoms with Crippen LogP contribution in [0.15, 0.2) is 5.16 Å². The monoisotopic (exact) mass is 170 g/mol. The van der Waals surface area contributed by atoms with E-state index in [-0.39, 0.29) is 5.60 Å². The van der Waals surface area contributed by atoms with Crippen LogP contribution in [0.25, 0.3) is 0 Å². The van der Waals surface area contributed by atoms with Crippen molar-refractivity contribution < 1.29 is 4.84 Å². The lowest BCUT2D eigenvalue weighted by atomic mass is 9.91. The fraction of sp³-hybridized carbons (Fsp3) is 0.889. The van der Waals surface area contributed by atoms with Gasteiger partial charge in [0.1, 0.15) is 0 Å². The maximum Gasteiger partial charge on any atom is 0.154 e. The van der Waals surface area contributed by atoms with Gasteiger partial charge in [0.25, 0.3) is 0 Å². The summed E-state index contributed by atoms with van der Waals surface area (Å²) in [5.74, 6) is 0.477. The van der Waals surface area contributed by atoms with E-state index in [1.165, 1.54) is 0 Å². The highest BCUT2D eigenvalue weighted by Gasteiger charge is 2.36. The van der Waals surface area contributed by atoms with Crippen molar-refractivity contribution in [1.29, 1.82) is 0 Å². The molecule has 0 aliphatic carbocycles. The van der Waals surface area contributed by atoms with Crippen LogP contribution in [-0.2, 0) is 4.84 Å². The highest BCUT2D eigenvalue weighted by Crippen LogP contribution is 2.28. The zero-order chi connectivity index (χ0) is 9.19. The van der Waals surface area contributed by atoms with E-state index in [2.05, 4.69) is 25.9 Å². The first-order chi connectivity index (χ1) is 5.63. The van der Waals surface area contributed by atoms with Gasteiger partial charge in [0.2, 0.25) is 0 Å². The molecule has 2 N–H and O–H groups in total. The van der Waals surface area contributed by atoms with Gasteiger partial charge in [-0.2, -0.15) is 0 Å². The van der Waals surface area contributed by atoms with Crippen molar-refractivity contribution in [3.8, 4) is 0 Å². The molecule has 0 aromatic heterocycles. The van der Waals surface area contributed by atoms with E-state index in [9.17, 15) is 0 Å². The quantitative estimate of drug-likeness (QED) is 0.698. The van der Waals surface area contributed by atoms with Gasteiger partial charge < -0.3 is 10.6 Å². The fourth-order valence-corrected chi connectivity index (χ4v) is 1.30. The van der Waals surface area contributed by atoms with E-state index in [0.29, 0.717) is 12.5 Å². The third-order valence-corrected chi connectivity index (χ3v) is 2.54. The molecule has 0 radical (unpaired) electrons. The van der Waals surface area contributed by atoms with Gasteiger partial charge in [-0.25, -0.2) is 0 Å². The standard InChI is InChI=1S/C9H18N2O/c1-4-9(6-10)5-8(7(2)3)11-12-9/h7H,4-6,10H2,1-3H3/t9-/m1/s1. The molecule has 0 bridgehead atoms. The normalized spacial score (nSPS) is 28.9. The second-order valence-electron chi connectivity index (χ2n) is 3.75. The largest absolute Gasteiger partial charge is 0.388 e.